The number of hydrogen-bond donors (Lipinski definition) is 0. The second kappa shape index (κ2) is 7.64. The Bertz CT molecular complexity index is 500. The first-order valence-electron chi connectivity index (χ1n) is 7.60. The molecule has 0 saturated carbocycles. The molecular weight excluding hydrogens is 284 g/mol. The molecule has 1 aromatic heterocycles. The van der Waals surface area contributed by atoms with Crippen LogP contribution in [-0.4, -0.2) is 43.9 Å². The fourth-order valence-electron chi connectivity index (χ4n) is 2.77. The minimum absolute atomic E-state index is 0.220. The van der Waals surface area contributed by atoms with Crippen molar-refractivity contribution in [3.63, 3.8) is 0 Å². The lowest BCUT2D eigenvalue weighted by Gasteiger charge is -2.35. The maximum Gasteiger partial charge on any atom is 0.233 e. The number of piperidine rings is 1. The summed E-state index contributed by atoms with van der Waals surface area (Å²) in [6, 6.07) is 0.416. The van der Waals surface area contributed by atoms with Crippen molar-refractivity contribution in [3.8, 4) is 0 Å². The Kier molecular flexibility index (Phi) is 5.85. The molecule has 116 valence electrons. The molecule has 0 aliphatic carbocycles. The number of likely N-dealkylation sites (tertiary alicyclic amines) is 1. The largest absolute Gasteiger partial charge is 0.339 e. The van der Waals surface area contributed by atoms with Gasteiger partial charge in [0.2, 0.25) is 5.91 Å². The predicted octanol–water partition coefficient (Wildman–Crippen LogP) is 2.66. The number of carbonyl (C=O) groups excluding carboxylic acids is 1. The molecule has 1 fully saturated rings. The zero-order valence-corrected chi connectivity index (χ0v) is 13.7. The molecule has 21 heavy (non-hydrogen) atoms. The zero-order valence-electron chi connectivity index (χ0n) is 12.9. The summed E-state index contributed by atoms with van der Waals surface area (Å²) in [6.45, 7) is 9.40. The highest BCUT2D eigenvalue weighted by atomic mass is 32.2. The highest BCUT2D eigenvalue weighted by Crippen LogP contribution is 2.23. The molecule has 2 rings (SSSR count). The molecular formula is C15H24N4OS. The van der Waals surface area contributed by atoms with Crippen LogP contribution in [0.1, 0.15) is 38.4 Å². The van der Waals surface area contributed by atoms with Crippen molar-refractivity contribution in [2.45, 2.75) is 57.3 Å². The van der Waals surface area contributed by atoms with E-state index in [2.05, 4.69) is 28.6 Å². The molecule has 1 saturated heterocycles. The van der Waals surface area contributed by atoms with Crippen molar-refractivity contribution in [2.75, 3.05) is 12.3 Å². The monoisotopic (exact) mass is 308 g/mol. The van der Waals surface area contributed by atoms with Crippen molar-refractivity contribution in [1.29, 1.82) is 0 Å². The number of hydrogen-bond acceptors (Lipinski definition) is 4. The number of amides is 1. The standard InChI is InChI=1S/C15H24N4OS/c1-4-9-18-12(3)16-17-15(18)21-11-14(20)19-10-7-6-8-13(19)5-2/h4,13H,1,5-11H2,2-3H3. The van der Waals surface area contributed by atoms with Gasteiger partial charge in [0.15, 0.2) is 5.16 Å². The molecule has 5 nitrogen and oxygen atoms in total. The summed E-state index contributed by atoms with van der Waals surface area (Å²) in [7, 11) is 0. The van der Waals surface area contributed by atoms with Gasteiger partial charge in [-0.05, 0) is 32.6 Å². The van der Waals surface area contributed by atoms with Gasteiger partial charge < -0.3 is 9.47 Å². The molecule has 1 unspecified atom stereocenters. The van der Waals surface area contributed by atoms with Crippen molar-refractivity contribution in [1.82, 2.24) is 19.7 Å². The van der Waals surface area contributed by atoms with Crippen molar-refractivity contribution in [3.05, 3.63) is 18.5 Å². The van der Waals surface area contributed by atoms with E-state index >= 15 is 0 Å². The summed E-state index contributed by atoms with van der Waals surface area (Å²) in [5.74, 6) is 1.51. The van der Waals surface area contributed by atoms with Gasteiger partial charge in [0.25, 0.3) is 0 Å². The first-order chi connectivity index (χ1) is 10.2. The molecule has 1 aromatic rings. The van der Waals surface area contributed by atoms with Crippen LogP contribution in [0.25, 0.3) is 0 Å². The van der Waals surface area contributed by atoms with Crippen LogP contribution < -0.4 is 0 Å². The minimum atomic E-state index is 0.220. The third kappa shape index (κ3) is 3.87. The van der Waals surface area contributed by atoms with Crippen LogP contribution in [0.15, 0.2) is 17.8 Å². The summed E-state index contributed by atoms with van der Waals surface area (Å²) in [5, 5.41) is 9.02. The van der Waals surface area contributed by atoms with E-state index in [1.165, 1.54) is 18.2 Å². The molecule has 0 bridgehead atoms. The smallest absolute Gasteiger partial charge is 0.233 e. The molecule has 1 atom stereocenters. The van der Waals surface area contributed by atoms with Gasteiger partial charge in [-0.2, -0.15) is 0 Å². The average Bonchev–Trinajstić information content (AvgIpc) is 2.86. The summed E-state index contributed by atoms with van der Waals surface area (Å²) in [6.07, 6.45) is 6.36. The summed E-state index contributed by atoms with van der Waals surface area (Å²) in [4.78, 5) is 14.5. The Labute approximate surface area is 130 Å². The van der Waals surface area contributed by atoms with Gasteiger partial charge >= 0.3 is 0 Å². The maximum absolute atomic E-state index is 12.4. The summed E-state index contributed by atoms with van der Waals surface area (Å²) < 4.78 is 1.98. The number of aromatic nitrogens is 3. The second-order valence-corrected chi connectivity index (χ2v) is 6.31. The van der Waals surface area contributed by atoms with E-state index in [4.69, 9.17) is 0 Å². The fraction of sp³-hybridized carbons (Fsp3) is 0.667. The van der Waals surface area contributed by atoms with E-state index in [1.54, 1.807) is 0 Å². The van der Waals surface area contributed by atoms with E-state index in [0.29, 0.717) is 18.3 Å². The number of carbonyl (C=O) groups is 1. The lowest BCUT2D eigenvalue weighted by molar-refractivity contribution is -0.132. The van der Waals surface area contributed by atoms with Gasteiger partial charge in [-0.25, -0.2) is 0 Å². The highest BCUT2D eigenvalue weighted by Gasteiger charge is 2.25. The number of rotatable bonds is 6. The first-order valence-corrected chi connectivity index (χ1v) is 8.58. The molecule has 6 heteroatoms. The van der Waals surface area contributed by atoms with E-state index in [0.717, 1.165) is 36.8 Å². The lowest BCUT2D eigenvalue weighted by atomic mass is 10.0. The lowest BCUT2D eigenvalue weighted by Crippen LogP contribution is -2.44. The average molecular weight is 308 g/mol. The molecule has 1 amide bonds. The van der Waals surface area contributed by atoms with Gasteiger partial charge in [0, 0.05) is 19.1 Å². The van der Waals surface area contributed by atoms with Gasteiger partial charge in [-0.15, -0.1) is 16.8 Å². The summed E-state index contributed by atoms with van der Waals surface area (Å²) >= 11 is 1.47. The molecule has 1 aliphatic heterocycles. The van der Waals surface area contributed by atoms with Crippen LogP contribution >= 0.6 is 11.8 Å². The van der Waals surface area contributed by atoms with Gasteiger partial charge in [0.1, 0.15) is 5.82 Å². The van der Waals surface area contributed by atoms with Crippen molar-refractivity contribution in [2.24, 2.45) is 0 Å². The van der Waals surface area contributed by atoms with Gasteiger partial charge in [-0.3, -0.25) is 4.79 Å². The number of aryl methyl sites for hydroxylation is 1. The first kappa shape index (κ1) is 16.1. The number of nitrogens with zero attached hydrogens (tertiary/aromatic N) is 4. The molecule has 0 radical (unpaired) electrons. The normalized spacial score (nSPS) is 18.8. The van der Waals surface area contributed by atoms with Gasteiger partial charge in [0.05, 0.1) is 5.75 Å². The van der Waals surface area contributed by atoms with Crippen LogP contribution in [-0.2, 0) is 11.3 Å². The molecule has 0 aromatic carbocycles. The quantitative estimate of drug-likeness (QED) is 0.599. The fourth-order valence-corrected chi connectivity index (χ4v) is 3.65. The van der Waals surface area contributed by atoms with Crippen molar-refractivity contribution >= 4 is 17.7 Å². The Hall–Kier alpha value is -1.30. The third-order valence-electron chi connectivity index (χ3n) is 3.96. The third-order valence-corrected chi connectivity index (χ3v) is 4.91. The Morgan fingerprint density at radius 1 is 1.48 bits per heavy atom. The Morgan fingerprint density at radius 3 is 3.00 bits per heavy atom. The highest BCUT2D eigenvalue weighted by molar-refractivity contribution is 7.99. The SMILES string of the molecule is C=CCn1c(C)nnc1SCC(=O)N1CCCCC1CC. The number of thioether (sulfide) groups is 1. The summed E-state index contributed by atoms with van der Waals surface area (Å²) in [5.41, 5.74) is 0. The topological polar surface area (TPSA) is 51.0 Å². The van der Waals surface area contributed by atoms with Crippen molar-refractivity contribution < 1.29 is 4.79 Å². The molecule has 0 N–H and O–H groups in total. The van der Waals surface area contributed by atoms with E-state index in [1.807, 2.05) is 17.6 Å². The maximum atomic E-state index is 12.4. The molecule has 0 spiro atoms. The van der Waals surface area contributed by atoms with E-state index in [-0.39, 0.29) is 5.91 Å². The molecule has 1 aliphatic rings. The van der Waals surface area contributed by atoms with Gasteiger partial charge in [-0.1, -0.05) is 24.8 Å². The van der Waals surface area contributed by atoms with Crippen LogP contribution in [0.2, 0.25) is 0 Å². The van der Waals surface area contributed by atoms with Crippen LogP contribution in [0, 0.1) is 6.92 Å². The predicted molar refractivity (Wildman–Crippen MR) is 85.3 cm³/mol. The number of allylic oxidation sites excluding steroid dienone is 1. The van der Waals surface area contributed by atoms with Crippen LogP contribution in [0.5, 0.6) is 0 Å². The zero-order chi connectivity index (χ0) is 15.2. The van der Waals surface area contributed by atoms with E-state index < -0.39 is 0 Å². The second-order valence-electron chi connectivity index (χ2n) is 5.36. The van der Waals surface area contributed by atoms with E-state index in [9.17, 15) is 4.79 Å². The van der Waals surface area contributed by atoms with Crippen LogP contribution in [0.3, 0.4) is 0 Å². The minimum Gasteiger partial charge on any atom is -0.339 e. The Balaban J connectivity index is 1.96. The Morgan fingerprint density at radius 2 is 2.29 bits per heavy atom. The molecule has 2 heterocycles. The van der Waals surface area contributed by atoms with Crippen LogP contribution in [0.4, 0.5) is 0 Å².